The largest absolute Gasteiger partial charge is 0.452 e. The van der Waals surface area contributed by atoms with E-state index in [4.69, 9.17) is 14.5 Å². The van der Waals surface area contributed by atoms with E-state index in [9.17, 15) is 9.59 Å². The van der Waals surface area contributed by atoms with E-state index in [1.165, 1.54) is 0 Å². The molecule has 0 unspecified atom stereocenters. The fourth-order valence-electron chi connectivity index (χ4n) is 4.06. The number of amides is 1. The second-order valence-electron chi connectivity index (χ2n) is 9.01. The first kappa shape index (κ1) is 22.2. The quantitative estimate of drug-likeness (QED) is 0.554. The molecular weight excluding hydrogens is 380 g/mol. The molecule has 1 heterocycles. The molecule has 1 N–H and O–H groups in total. The Labute approximate surface area is 178 Å². The highest BCUT2D eigenvalue weighted by Crippen LogP contribution is 2.39. The second kappa shape index (κ2) is 9.56. The Balaban J connectivity index is 1.83. The fraction of sp³-hybridized carbons (Fsp3) is 0.542. The van der Waals surface area contributed by atoms with Crippen LogP contribution in [0.5, 0.6) is 0 Å². The number of fused-ring (bicyclic) bond motifs is 2. The lowest BCUT2D eigenvalue weighted by Crippen LogP contribution is -2.31. The van der Waals surface area contributed by atoms with Crippen molar-refractivity contribution in [3.8, 4) is 0 Å². The first-order valence-electron chi connectivity index (χ1n) is 10.6. The maximum Gasteiger partial charge on any atom is 0.339 e. The van der Waals surface area contributed by atoms with E-state index in [1.807, 2.05) is 24.3 Å². The minimum absolute atomic E-state index is 0.145. The molecule has 2 aromatic rings. The number of pyridine rings is 1. The van der Waals surface area contributed by atoms with Crippen molar-refractivity contribution < 1.29 is 19.1 Å². The van der Waals surface area contributed by atoms with Gasteiger partial charge in [0, 0.05) is 31.3 Å². The summed E-state index contributed by atoms with van der Waals surface area (Å²) in [5.41, 5.74) is 3.46. The summed E-state index contributed by atoms with van der Waals surface area (Å²) < 4.78 is 10.4. The van der Waals surface area contributed by atoms with Crippen molar-refractivity contribution in [2.45, 2.75) is 46.5 Å². The molecule has 1 atom stereocenters. The van der Waals surface area contributed by atoms with Gasteiger partial charge in [0.25, 0.3) is 5.91 Å². The van der Waals surface area contributed by atoms with Gasteiger partial charge >= 0.3 is 5.97 Å². The summed E-state index contributed by atoms with van der Waals surface area (Å²) in [5.74, 6) is -0.297. The number of esters is 1. The highest BCUT2D eigenvalue weighted by atomic mass is 16.5. The molecule has 162 valence electrons. The standard InChI is InChI=1S/C24H32N2O4/c1-24(2,3)16-10-11-20-18(14-16)22(17-8-5-6-9-19(17)26-20)23(28)30-15-21(27)25-12-7-13-29-4/h5-6,8-9,16H,7,10-15H2,1-4H3,(H,25,27)/t16-/m0/s1. The lowest BCUT2D eigenvalue weighted by molar-refractivity contribution is -0.124. The Bertz CT molecular complexity index is 917. The predicted octanol–water partition coefficient (Wildman–Crippen LogP) is 3.70. The summed E-state index contributed by atoms with van der Waals surface area (Å²) >= 11 is 0. The van der Waals surface area contributed by atoms with Crippen LogP contribution in [0.3, 0.4) is 0 Å². The average Bonchev–Trinajstić information content (AvgIpc) is 2.72. The van der Waals surface area contributed by atoms with E-state index in [0.717, 1.165) is 41.4 Å². The predicted molar refractivity (Wildman–Crippen MR) is 116 cm³/mol. The van der Waals surface area contributed by atoms with Gasteiger partial charge in [-0.2, -0.15) is 0 Å². The highest BCUT2D eigenvalue weighted by Gasteiger charge is 2.33. The zero-order chi connectivity index (χ0) is 21.7. The molecule has 6 nitrogen and oxygen atoms in total. The van der Waals surface area contributed by atoms with Crippen LogP contribution < -0.4 is 5.32 Å². The Morgan fingerprint density at radius 2 is 2.00 bits per heavy atom. The van der Waals surface area contributed by atoms with Gasteiger partial charge in [0.05, 0.1) is 11.1 Å². The van der Waals surface area contributed by atoms with Crippen molar-refractivity contribution in [3.05, 3.63) is 41.1 Å². The molecule has 1 aromatic heterocycles. The van der Waals surface area contributed by atoms with Gasteiger partial charge in [-0.15, -0.1) is 0 Å². The number of rotatable bonds is 7. The Hall–Kier alpha value is -2.47. The normalized spacial score (nSPS) is 16.2. The molecule has 0 radical (unpaired) electrons. The molecule has 0 bridgehead atoms. The van der Waals surface area contributed by atoms with Crippen LogP contribution in [-0.2, 0) is 27.1 Å². The zero-order valence-electron chi connectivity index (χ0n) is 18.4. The third-order valence-electron chi connectivity index (χ3n) is 5.87. The Morgan fingerprint density at radius 1 is 1.23 bits per heavy atom. The molecule has 0 saturated carbocycles. The number of nitrogens with zero attached hydrogens (tertiary/aromatic N) is 1. The highest BCUT2D eigenvalue weighted by molar-refractivity contribution is 6.05. The van der Waals surface area contributed by atoms with Gasteiger partial charge in [-0.25, -0.2) is 4.79 Å². The van der Waals surface area contributed by atoms with E-state index >= 15 is 0 Å². The van der Waals surface area contributed by atoms with Crippen molar-refractivity contribution in [1.82, 2.24) is 10.3 Å². The average molecular weight is 413 g/mol. The fourth-order valence-corrected chi connectivity index (χ4v) is 4.06. The van der Waals surface area contributed by atoms with E-state index in [1.54, 1.807) is 7.11 Å². The summed E-state index contributed by atoms with van der Waals surface area (Å²) in [4.78, 5) is 30.0. The molecule has 6 heteroatoms. The van der Waals surface area contributed by atoms with E-state index in [0.29, 0.717) is 31.1 Å². The van der Waals surface area contributed by atoms with Gasteiger partial charge in [-0.1, -0.05) is 39.0 Å². The topological polar surface area (TPSA) is 77.5 Å². The zero-order valence-corrected chi connectivity index (χ0v) is 18.4. The molecule has 1 aliphatic carbocycles. The molecule has 1 amide bonds. The summed E-state index contributed by atoms with van der Waals surface area (Å²) in [6, 6.07) is 7.65. The summed E-state index contributed by atoms with van der Waals surface area (Å²) in [6.07, 6.45) is 3.42. The summed E-state index contributed by atoms with van der Waals surface area (Å²) in [6.45, 7) is 7.49. The number of aromatic nitrogens is 1. The van der Waals surface area contributed by atoms with E-state index in [-0.39, 0.29) is 17.9 Å². The number of para-hydroxylation sites is 1. The van der Waals surface area contributed by atoms with Crippen molar-refractivity contribution >= 4 is 22.8 Å². The SMILES string of the molecule is COCCCNC(=O)COC(=O)c1c2c(nc3ccccc13)CC[C@H](C(C)(C)C)C2. The van der Waals surface area contributed by atoms with Crippen LogP contribution in [0.1, 0.15) is 55.2 Å². The van der Waals surface area contributed by atoms with Crippen molar-refractivity contribution in [2.75, 3.05) is 26.9 Å². The maximum atomic E-state index is 13.1. The van der Waals surface area contributed by atoms with E-state index < -0.39 is 5.97 Å². The van der Waals surface area contributed by atoms with Crippen LogP contribution in [0.2, 0.25) is 0 Å². The van der Waals surface area contributed by atoms with Gasteiger partial charge in [-0.3, -0.25) is 9.78 Å². The van der Waals surface area contributed by atoms with Gasteiger partial charge < -0.3 is 14.8 Å². The number of benzene rings is 1. The number of hydrogen-bond acceptors (Lipinski definition) is 5. The molecule has 0 fully saturated rings. The number of carbonyl (C=O) groups excluding carboxylic acids is 2. The third kappa shape index (κ3) is 5.17. The Kier molecular flexibility index (Phi) is 7.08. The van der Waals surface area contributed by atoms with Crippen molar-refractivity contribution in [2.24, 2.45) is 11.3 Å². The summed E-state index contributed by atoms with van der Waals surface area (Å²) in [5, 5.41) is 3.53. The van der Waals surface area contributed by atoms with Crippen LogP contribution in [0.15, 0.2) is 24.3 Å². The summed E-state index contributed by atoms with van der Waals surface area (Å²) in [7, 11) is 1.62. The molecule has 1 aromatic carbocycles. The van der Waals surface area contributed by atoms with Gasteiger partial charge in [0.2, 0.25) is 0 Å². The van der Waals surface area contributed by atoms with Crippen LogP contribution in [0.4, 0.5) is 0 Å². The van der Waals surface area contributed by atoms with Crippen LogP contribution in [-0.4, -0.2) is 43.7 Å². The molecular formula is C24H32N2O4. The molecule has 1 aliphatic rings. The number of aryl methyl sites for hydroxylation is 1. The smallest absolute Gasteiger partial charge is 0.339 e. The van der Waals surface area contributed by atoms with E-state index in [2.05, 4.69) is 26.1 Å². The first-order valence-corrected chi connectivity index (χ1v) is 10.6. The number of nitrogens with one attached hydrogen (secondary N) is 1. The van der Waals surface area contributed by atoms with Gasteiger partial charge in [0.15, 0.2) is 6.61 Å². The second-order valence-corrected chi connectivity index (χ2v) is 9.01. The number of ether oxygens (including phenoxy) is 2. The third-order valence-corrected chi connectivity index (χ3v) is 5.87. The van der Waals surface area contributed by atoms with Crippen LogP contribution >= 0.6 is 0 Å². The molecule has 0 saturated heterocycles. The van der Waals surface area contributed by atoms with Crippen molar-refractivity contribution in [3.63, 3.8) is 0 Å². The lowest BCUT2D eigenvalue weighted by atomic mass is 9.70. The maximum absolute atomic E-state index is 13.1. The number of hydrogen-bond donors (Lipinski definition) is 1. The molecule has 3 rings (SSSR count). The molecule has 0 aliphatic heterocycles. The monoisotopic (exact) mass is 412 g/mol. The first-order chi connectivity index (χ1) is 14.3. The molecule has 0 spiro atoms. The van der Waals surface area contributed by atoms with Gasteiger partial charge in [0.1, 0.15) is 0 Å². The Morgan fingerprint density at radius 3 is 2.73 bits per heavy atom. The number of carbonyl (C=O) groups is 2. The van der Waals surface area contributed by atoms with Gasteiger partial charge in [-0.05, 0) is 48.6 Å². The minimum atomic E-state index is -0.452. The molecule has 30 heavy (non-hydrogen) atoms. The minimum Gasteiger partial charge on any atom is -0.452 e. The number of methoxy groups -OCH3 is 1. The van der Waals surface area contributed by atoms with Crippen LogP contribution in [0, 0.1) is 11.3 Å². The lowest BCUT2D eigenvalue weighted by Gasteiger charge is -2.35. The van der Waals surface area contributed by atoms with Crippen LogP contribution in [0.25, 0.3) is 10.9 Å². The van der Waals surface area contributed by atoms with Crippen molar-refractivity contribution in [1.29, 1.82) is 0 Å².